The number of carbonyl (C=O) groups is 2. The Balaban J connectivity index is 1.68. The first-order valence-corrected chi connectivity index (χ1v) is 10.7. The molecule has 0 bridgehead atoms. The van der Waals surface area contributed by atoms with E-state index in [1.165, 1.54) is 10.6 Å². The average Bonchev–Trinajstić information content (AvgIpc) is 2.55. The highest BCUT2D eigenvalue weighted by molar-refractivity contribution is 9.10. The van der Waals surface area contributed by atoms with Crippen LogP contribution in [0.25, 0.3) is 0 Å². The number of benzene rings is 1. The van der Waals surface area contributed by atoms with Crippen molar-refractivity contribution in [2.24, 2.45) is 0 Å². The number of rotatable bonds is 6. The first kappa shape index (κ1) is 19.9. The normalized spacial score (nSPS) is 16.4. The molecule has 0 saturated carbocycles. The van der Waals surface area contributed by atoms with E-state index in [2.05, 4.69) is 26.6 Å². The summed E-state index contributed by atoms with van der Waals surface area (Å²) in [5.74, 6) is -0.365. The molecule has 1 aliphatic rings. The number of halogens is 1. The molecule has 1 heterocycles. The molecular formula is C16H22BrN3O4S. The van der Waals surface area contributed by atoms with E-state index in [1.54, 1.807) is 24.3 Å². The second kappa shape index (κ2) is 8.77. The van der Waals surface area contributed by atoms with Gasteiger partial charge < -0.3 is 10.6 Å². The fraction of sp³-hybridized carbons (Fsp3) is 0.500. The van der Waals surface area contributed by atoms with Crippen molar-refractivity contribution in [3.05, 3.63) is 34.3 Å². The van der Waals surface area contributed by atoms with E-state index in [4.69, 9.17) is 0 Å². The van der Waals surface area contributed by atoms with Gasteiger partial charge in [0.25, 0.3) is 5.91 Å². The first-order valence-electron chi connectivity index (χ1n) is 8.04. The van der Waals surface area contributed by atoms with Gasteiger partial charge in [0.05, 0.1) is 6.26 Å². The maximum Gasteiger partial charge on any atom is 0.251 e. The largest absolute Gasteiger partial charge is 0.353 e. The molecule has 9 heteroatoms. The van der Waals surface area contributed by atoms with Crippen molar-refractivity contribution >= 4 is 37.8 Å². The molecule has 0 unspecified atom stereocenters. The van der Waals surface area contributed by atoms with Crippen LogP contribution in [0.1, 0.15) is 29.6 Å². The monoisotopic (exact) mass is 431 g/mol. The number of carbonyl (C=O) groups excluding carboxylic acids is 2. The van der Waals surface area contributed by atoms with Gasteiger partial charge in [-0.15, -0.1) is 0 Å². The molecule has 0 radical (unpaired) electrons. The molecule has 25 heavy (non-hydrogen) atoms. The Morgan fingerprint density at radius 3 is 2.36 bits per heavy atom. The SMILES string of the molecule is CS(=O)(=O)N1CCC(NC(=O)CCNC(=O)c2ccc(Br)cc2)CC1. The third kappa shape index (κ3) is 6.41. The van der Waals surface area contributed by atoms with Gasteiger partial charge in [0.1, 0.15) is 0 Å². The molecule has 2 N–H and O–H groups in total. The van der Waals surface area contributed by atoms with E-state index in [9.17, 15) is 18.0 Å². The van der Waals surface area contributed by atoms with Crippen molar-refractivity contribution in [2.45, 2.75) is 25.3 Å². The van der Waals surface area contributed by atoms with Crippen LogP contribution in [0, 0.1) is 0 Å². The van der Waals surface area contributed by atoms with Crippen molar-refractivity contribution in [3.63, 3.8) is 0 Å². The summed E-state index contributed by atoms with van der Waals surface area (Å²) in [6.45, 7) is 1.09. The molecule has 1 saturated heterocycles. The van der Waals surface area contributed by atoms with E-state index in [0.717, 1.165) is 4.47 Å². The van der Waals surface area contributed by atoms with Crippen molar-refractivity contribution < 1.29 is 18.0 Å². The smallest absolute Gasteiger partial charge is 0.251 e. The standard InChI is InChI=1S/C16H22BrN3O4S/c1-25(23,24)20-10-7-14(8-11-20)19-15(21)6-9-18-16(22)12-2-4-13(17)5-3-12/h2-5,14H,6-11H2,1H3,(H,18,22)(H,19,21). The zero-order valence-electron chi connectivity index (χ0n) is 14.0. The molecule has 0 aromatic heterocycles. The first-order chi connectivity index (χ1) is 11.8. The molecule has 0 aliphatic carbocycles. The zero-order valence-corrected chi connectivity index (χ0v) is 16.4. The zero-order chi connectivity index (χ0) is 18.4. The second-order valence-electron chi connectivity index (χ2n) is 6.02. The van der Waals surface area contributed by atoms with Crippen molar-refractivity contribution in [3.8, 4) is 0 Å². The van der Waals surface area contributed by atoms with Gasteiger partial charge in [0.15, 0.2) is 0 Å². The molecule has 2 rings (SSSR count). The van der Waals surface area contributed by atoms with Gasteiger partial charge in [-0.05, 0) is 37.1 Å². The Labute approximate surface area is 156 Å². The van der Waals surface area contributed by atoms with Crippen LogP contribution in [-0.2, 0) is 14.8 Å². The minimum Gasteiger partial charge on any atom is -0.353 e. The third-order valence-corrected chi connectivity index (χ3v) is 5.86. The molecular weight excluding hydrogens is 410 g/mol. The number of nitrogens with zero attached hydrogens (tertiary/aromatic N) is 1. The lowest BCUT2D eigenvalue weighted by Gasteiger charge is -2.30. The number of amides is 2. The van der Waals surface area contributed by atoms with Crippen LogP contribution in [0.3, 0.4) is 0 Å². The van der Waals surface area contributed by atoms with Gasteiger partial charge in [-0.1, -0.05) is 15.9 Å². The lowest BCUT2D eigenvalue weighted by Crippen LogP contribution is -2.46. The molecule has 2 amide bonds. The van der Waals surface area contributed by atoms with Crippen molar-refractivity contribution in [1.82, 2.24) is 14.9 Å². The summed E-state index contributed by atoms with van der Waals surface area (Å²) in [6, 6.07) is 6.95. The molecule has 1 aliphatic heterocycles. The number of nitrogens with one attached hydrogen (secondary N) is 2. The predicted octanol–water partition coefficient (Wildman–Crippen LogP) is 1.11. The van der Waals surface area contributed by atoms with Crippen LogP contribution in [-0.4, -0.2) is 56.5 Å². The summed E-state index contributed by atoms with van der Waals surface area (Å²) in [4.78, 5) is 23.9. The highest BCUT2D eigenvalue weighted by Gasteiger charge is 2.25. The highest BCUT2D eigenvalue weighted by Crippen LogP contribution is 2.13. The summed E-state index contributed by atoms with van der Waals surface area (Å²) < 4.78 is 25.2. The van der Waals surface area contributed by atoms with Crippen LogP contribution in [0.5, 0.6) is 0 Å². The van der Waals surface area contributed by atoms with E-state index in [1.807, 2.05) is 0 Å². The highest BCUT2D eigenvalue weighted by atomic mass is 79.9. The fourth-order valence-electron chi connectivity index (χ4n) is 2.62. The summed E-state index contributed by atoms with van der Waals surface area (Å²) in [5.41, 5.74) is 0.539. The second-order valence-corrected chi connectivity index (χ2v) is 8.91. The van der Waals surface area contributed by atoms with Crippen LogP contribution < -0.4 is 10.6 Å². The van der Waals surface area contributed by atoms with E-state index < -0.39 is 10.0 Å². The van der Waals surface area contributed by atoms with Gasteiger partial charge in [0, 0.05) is 42.1 Å². The molecule has 138 valence electrons. The molecule has 7 nitrogen and oxygen atoms in total. The minimum absolute atomic E-state index is 0.0207. The molecule has 0 spiro atoms. The van der Waals surface area contributed by atoms with Gasteiger partial charge in [-0.25, -0.2) is 12.7 Å². The van der Waals surface area contributed by atoms with Crippen LogP contribution >= 0.6 is 15.9 Å². The average molecular weight is 432 g/mol. The Morgan fingerprint density at radius 2 is 1.80 bits per heavy atom. The predicted molar refractivity (Wildman–Crippen MR) is 98.7 cm³/mol. The van der Waals surface area contributed by atoms with Crippen molar-refractivity contribution in [1.29, 1.82) is 0 Å². The summed E-state index contributed by atoms with van der Waals surface area (Å²) in [7, 11) is -3.16. The molecule has 0 atom stereocenters. The van der Waals surface area contributed by atoms with E-state index >= 15 is 0 Å². The topological polar surface area (TPSA) is 95.6 Å². The van der Waals surface area contributed by atoms with Gasteiger partial charge in [0.2, 0.25) is 15.9 Å². The van der Waals surface area contributed by atoms with Crippen molar-refractivity contribution in [2.75, 3.05) is 25.9 Å². The summed E-state index contributed by atoms with van der Waals surface area (Å²) >= 11 is 3.31. The lowest BCUT2D eigenvalue weighted by atomic mass is 10.1. The van der Waals surface area contributed by atoms with E-state index in [0.29, 0.717) is 31.5 Å². The molecule has 1 fully saturated rings. The Bertz CT molecular complexity index is 713. The van der Waals surface area contributed by atoms with Gasteiger partial charge in [-0.2, -0.15) is 0 Å². The van der Waals surface area contributed by atoms with Crippen LogP contribution in [0.2, 0.25) is 0 Å². The molecule has 1 aromatic rings. The number of sulfonamides is 1. The van der Waals surface area contributed by atoms with E-state index in [-0.39, 0.29) is 30.8 Å². The van der Waals surface area contributed by atoms with Crippen LogP contribution in [0.15, 0.2) is 28.7 Å². The van der Waals surface area contributed by atoms with Gasteiger partial charge in [-0.3, -0.25) is 9.59 Å². The number of hydrogen-bond acceptors (Lipinski definition) is 4. The number of hydrogen-bond donors (Lipinski definition) is 2. The Hall–Kier alpha value is -1.45. The maximum atomic E-state index is 12.0. The fourth-order valence-corrected chi connectivity index (χ4v) is 3.76. The summed E-state index contributed by atoms with van der Waals surface area (Å²) in [5, 5.41) is 5.60. The van der Waals surface area contributed by atoms with Crippen LogP contribution in [0.4, 0.5) is 0 Å². The maximum absolute atomic E-state index is 12.0. The third-order valence-electron chi connectivity index (χ3n) is 4.03. The lowest BCUT2D eigenvalue weighted by molar-refractivity contribution is -0.121. The quantitative estimate of drug-likeness (QED) is 0.704. The summed E-state index contributed by atoms with van der Waals surface area (Å²) in [6.07, 6.45) is 2.59. The number of piperidine rings is 1. The van der Waals surface area contributed by atoms with Gasteiger partial charge >= 0.3 is 0 Å². The minimum atomic E-state index is -3.16. The Morgan fingerprint density at radius 1 is 1.20 bits per heavy atom. The molecule has 1 aromatic carbocycles. The Kier molecular flexibility index (Phi) is 6.97.